The third-order valence-electron chi connectivity index (χ3n) is 6.40. The van der Waals surface area contributed by atoms with E-state index in [1.165, 1.54) is 12.1 Å². The molecule has 1 unspecified atom stereocenters. The molecule has 2 aromatic rings. The zero-order valence-corrected chi connectivity index (χ0v) is 17.6. The second-order valence-electron chi connectivity index (χ2n) is 8.31. The van der Waals surface area contributed by atoms with Gasteiger partial charge in [0.05, 0.1) is 12.2 Å². The summed E-state index contributed by atoms with van der Waals surface area (Å²) in [4.78, 5) is 14.8. The molecule has 0 saturated carbocycles. The van der Waals surface area contributed by atoms with Crippen LogP contribution in [0.15, 0.2) is 36.5 Å². The van der Waals surface area contributed by atoms with Gasteiger partial charge in [-0.15, -0.1) is 0 Å². The van der Waals surface area contributed by atoms with Crippen molar-refractivity contribution in [2.45, 2.75) is 51.2 Å². The van der Waals surface area contributed by atoms with E-state index >= 15 is 0 Å². The molecule has 3 heterocycles. The fourth-order valence-electron chi connectivity index (χ4n) is 4.64. The number of aromatic nitrogens is 2. The minimum absolute atomic E-state index is 0.0595. The molecule has 30 heavy (non-hydrogen) atoms. The SMILES string of the molecule is CCn1nccc1C(=O)N1CCC2(CC1)CC(CCOc1ccc(F)cc1)CCO2. The second-order valence-corrected chi connectivity index (χ2v) is 8.31. The second kappa shape index (κ2) is 9.16. The Morgan fingerprint density at radius 2 is 2.03 bits per heavy atom. The Morgan fingerprint density at radius 3 is 2.77 bits per heavy atom. The molecule has 2 aliphatic rings. The highest BCUT2D eigenvalue weighted by molar-refractivity contribution is 5.92. The highest BCUT2D eigenvalue weighted by atomic mass is 19.1. The van der Waals surface area contributed by atoms with E-state index in [9.17, 15) is 9.18 Å². The maximum atomic E-state index is 13.0. The fourth-order valence-corrected chi connectivity index (χ4v) is 4.64. The molecular weight excluding hydrogens is 385 g/mol. The molecule has 0 N–H and O–H groups in total. The third kappa shape index (κ3) is 4.67. The predicted molar refractivity (Wildman–Crippen MR) is 111 cm³/mol. The molecule has 1 amide bonds. The third-order valence-corrected chi connectivity index (χ3v) is 6.40. The van der Waals surface area contributed by atoms with Gasteiger partial charge in [-0.1, -0.05) is 0 Å². The van der Waals surface area contributed by atoms with Crippen LogP contribution in [0, 0.1) is 11.7 Å². The standard InChI is InChI=1S/C23H30FN3O3/c1-2-27-21(7-12-25-27)22(28)26-13-10-23(11-14-26)17-18(9-16-30-23)8-15-29-20-5-3-19(24)4-6-20/h3-7,12,18H,2,8-11,13-17H2,1H3. The summed E-state index contributed by atoms with van der Waals surface area (Å²) < 4.78 is 26.8. The van der Waals surface area contributed by atoms with Crippen molar-refractivity contribution >= 4 is 5.91 Å². The van der Waals surface area contributed by atoms with Gasteiger partial charge >= 0.3 is 0 Å². The summed E-state index contributed by atoms with van der Waals surface area (Å²) in [5, 5.41) is 4.21. The molecule has 2 saturated heterocycles. The summed E-state index contributed by atoms with van der Waals surface area (Å²) in [5.74, 6) is 1.06. The number of carbonyl (C=O) groups is 1. The molecular formula is C23H30FN3O3. The van der Waals surface area contributed by atoms with Gasteiger partial charge in [-0.3, -0.25) is 9.48 Å². The van der Waals surface area contributed by atoms with E-state index in [1.54, 1.807) is 29.1 Å². The van der Waals surface area contributed by atoms with E-state index in [-0.39, 0.29) is 17.3 Å². The number of hydrogen-bond donors (Lipinski definition) is 0. The lowest BCUT2D eigenvalue weighted by molar-refractivity contribution is -0.125. The molecule has 2 fully saturated rings. The molecule has 6 nitrogen and oxygen atoms in total. The Morgan fingerprint density at radius 1 is 1.27 bits per heavy atom. The van der Waals surface area contributed by atoms with Gasteiger partial charge in [0.25, 0.3) is 5.91 Å². The molecule has 162 valence electrons. The quantitative estimate of drug-likeness (QED) is 0.718. The Hall–Kier alpha value is -2.41. The number of carbonyl (C=O) groups excluding carboxylic acids is 1. The number of aryl methyl sites for hydroxylation is 1. The number of rotatable bonds is 6. The van der Waals surface area contributed by atoms with Crippen molar-refractivity contribution in [1.82, 2.24) is 14.7 Å². The number of piperidine rings is 1. The molecule has 4 rings (SSSR count). The fraction of sp³-hybridized carbons (Fsp3) is 0.565. The van der Waals surface area contributed by atoms with Gasteiger partial charge in [0.1, 0.15) is 17.3 Å². The summed E-state index contributed by atoms with van der Waals surface area (Å²) in [7, 11) is 0. The lowest BCUT2D eigenvalue weighted by Gasteiger charge is -2.46. The zero-order valence-electron chi connectivity index (χ0n) is 17.6. The summed E-state index contributed by atoms with van der Waals surface area (Å²) in [6.45, 7) is 5.50. The van der Waals surface area contributed by atoms with Crippen LogP contribution in [0.25, 0.3) is 0 Å². The largest absolute Gasteiger partial charge is 0.494 e. The van der Waals surface area contributed by atoms with Gasteiger partial charge in [0.2, 0.25) is 0 Å². The highest BCUT2D eigenvalue weighted by Crippen LogP contribution is 2.39. The van der Waals surface area contributed by atoms with Crippen molar-refractivity contribution in [3.05, 3.63) is 48.0 Å². The monoisotopic (exact) mass is 415 g/mol. The molecule has 0 radical (unpaired) electrons. The number of ether oxygens (including phenoxy) is 2. The van der Waals surface area contributed by atoms with Crippen LogP contribution in [0.5, 0.6) is 5.75 Å². The maximum Gasteiger partial charge on any atom is 0.272 e. The number of amides is 1. The Labute approximate surface area is 177 Å². The normalized spacial score (nSPS) is 21.0. The van der Waals surface area contributed by atoms with Gasteiger partial charge in [0.15, 0.2) is 0 Å². The van der Waals surface area contributed by atoms with E-state index in [4.69, 9.17) is 9.47 Å². The van der Waals surface area contributed by atoms with E-state index in [0.717, 1.165) is 38.7 Å². The van der Waals surface area contributed by atoms with Crippen LogP contribution in [0.2, 0.25) is 0 Å². The van der Waals surface area contributed by atoms with Crippen molar-refractivity contribution in [2.75, 3.05) is 26.3 Å². The number of hydrogen-bond acceptors (Lipinski definition) is 4. The van der Waals surface area contributed by atoms with E-state index in [0.29, 0.717) is 43.6 Å². The molecule has 1 atom stereocenters. The van der Waals surface area contributed by atoms with Gasteiger partial charge in [-0.2, -0.15) is 5.10 Å². The lowest BCUT2D eigenvalue weighted by atomic mass is 9.78. The van der Waals surface area contributed by atoms with Crippen molar-refractivity contribution in [2.24, 2.45) is 5.92 Å². The van der Waals surface area contributed by atoms with E-state index < -0.39 is 0 Å². The summed E-state index contributed by atoms with van der Waals surface area (Å²) in [6, 6.07) is 7.96. The van der Waals surface area contributed by atoms with Crippen LogP contribution >= 0.6 is 0 Å². The van der Waals surface area contributed by atoms with Crippen LogP contribution in [0.1, 0.15) is 49.5 Å². The maximum absolute atomic E-state index is 13.0. The first-order valence-corrected chi connectivity index (χ1v) is 10.9. The molecule has 7 heteroatoms. The molecule has 0 aliphatic carbocycles. The van der Waals surface area contributed by atoms with Gasteiger partial charge in [-0.25, -0.2) is 4.39 Å². The highest BCUT2D eigenvalue weighted by Gasteiger charge is 2.41. The average molecular weight is 416 g/mol. The average Bonchev–Trinajstić information content (AvgIpc) is 3.24. The van der Waals surface area contributed by atoms with Crippen molar-refractivity contribution in [3.63, 3.8) is 0 Å². The minimum Gasteiger partial charge on any atom is -0.494 e. The molecule has 1 spiro atoms. The summed E-state index contributed by atoms with van der Waals surface area (Å²) >= 11 is 0. The Bertz CT molecular complexity index is 844. The molecule has 1 aromatic carbocycles. The summed E-state index contributed by atoms with van der Waals surface area (Å²) in [5.41, 5.74) is 0.537. The van der Waals surface area contributed by atoms with Crippen LogP contribution in [-0.4, -0.2) is 52.5 Å². The topological polar surface area (TPSA) is 56.6 Å². The van der Waals surface area contributed by atoms with Crippen LogP contribution in [-0.2, 0) is 11.3 Å². The van der Waals surface area contributed by atoms with Crippen LogP contribution in [0.3, 0.4) is 0 Å². The van der Waals surface area contributed by atoms with E-state index in [2.05, 4.69) is 5.10 Å². The smallest absolute Gasteiger partial charge is 0.272 e. The van der Waals surface area contributed by atoms with Crippen molar-refractivity contribution in [3.8, 4) is 5.75 Å². The molecule has 0 bridgehead atoms. The Kier molecular flexibility index (Phi) is 6.37. The minimum atomic E-state index is -0.252. The Balaban J connectivity index is 1.27. The van der Waals surface area contributed by atoms with Gasteiger partial charge in [0, 0.05) is 32.4 Å². The lowest BCUT2D eigenvalue weighted by Crippen LogP contribution is -2.51. The first-order valence-electron chi connectivity index (χ1n) is 10.9. The zero-order chi connectivity index (χ0) is 21.0. The molecule has 2 aliphatic heterocycles. The molecule has 1 aromatic heterocycles. The van der Waals surface area contributed by atoms with Crippen molar-refractivity contribution < 1.29 is 18.7 Å². The van der Waals surface area contributed by atoms with E-state index in [1.807, 2.05) is 11.8 Å². The first-order chi connectivity index (χ1) is 14.6. The number of benzene rings is 1. The van der Waals surface area contributed by atoms with Gasteiger partial charge < -0.3 is 14.4 Å². The first kappa shape index (κ1) is 20.8. The number of nitrogens with zero attached hydrogens (tertiary/aromatic N) is 3. The number of halogens is 1. The van der Waals surface area contributed by atoms with Crippen LogP contribution in [0.4, 0.5) is 4.39 Å². The van der Waals surface area contributed by atoms with Gasteiger partial charge in [-0.05, 0) is 75.3 Å². The summed E-state index contributed by atoms with van der Waals surface area (Å²) in [6.07, 6.45) is 6.43. The predicted octanol–water partition coefficient (Wildman–Crippen LogP) is 3.91. The van der Waals surface area contributed by atoms with Crippen molar-refractivity contribution in [1.29, 1.82) is 0 Å². The number of likely N-dealkylation sites (tertiary alicyclic amines) is 1. The van der Waals surface area contributed by atoms with Crippen LogP contribution < -0.4 is 4.74 Å².